The third-order valence-corrected chi connectivity index (χ3v) is 7.84. The van der Waals surface area contributed by atoms with Crippen molar-refractivity contribution in [2.75, 3.05) is 12.4 Å². The highest BCUT2D eigenvalue weighted by Crippen LogP contribution is 2.52. The van der Waals surface area contributed by atoms with Gasteiger partial charge in [-0.15, -0.1) is 0 Å². The smallest absolute Gasteiger partial charge is 0.242 e. The number of hydrogen-bond donors (Lipinski definition) is 2. The first-order valence-electron chi connectivity index (χ1n) is 13.2. The number of carbonyl (C=O) groups excluding carboxylic acids is 2. The molecule has 4 rings (SSSR count). The van der Waals surface area contributed by atoms with Crippen LogP contribution in [0, 0.1) is 35.3 Å². The Kier molecular flexibility index (Phi) is 8.53. The van der Waals surface area contributed by atoms with E-state index in [1.807, 2.05) is 20.8 Å². The fourth-order valence-corrected chi connectivity index (χ4v) is 5.96. The fourth-order valence-electron chi connectivity index (χ4n) is 5.78. The molecule has 0 radical (unpaired) electrons. The van der Waals surface area contributed by atoms with Crippen LogP contribution in [0.1, 0.15) is 60.2 Å². The van der Waals surface area contributed by atoms with Crippen LogP contribution in [0.5, 0.6) is 5.75 Å². The molecule has 214 valence electrons. The molecule has 0 aromatic heterocycles. The molecular formula is C32H32ClF2N3O3. The van der Waals surface area contributed by atoms with Crippen molar-refractivity contribution in [3.05, 3.63) is 93.5 Å². The predicted molar refractivity (Wildman–Crippen MR) is 154 cm³/mol. The third-order valence-electron chi connectivity index (χ3n) is 7.54. The lowest BCUT2D eigenvalue weighted by molar-refractivity contribution is -0.118. The fraction of sp³-hybridized carbons (Fsp3) is 0.344. The van der Waals surface area contributed by atoms with Crippen LogP contribution in [0.3, 0.4) is 0 Å². The summed E-state index contributed by atoms with van der Waals surface area (Å²) in [6.45, 7) is 7.66. The highest BCUT2D eigenvalue weighted by molar-refractivity contribution is 6.30. The molecule has 1 fully saturated rings. The van der Waals surface area contributed by atoms with Crippen LogP contribution in [0.15, 0.2) is 54.6 Å². The zero-order valence-corrected chi connectivity index (χ0v) is 24.3. The summed E-state index contributed by atoms with van der Waals surface area (Å²) in [5, 5.41) is 16.9. The molecule has 9 heteroatoms. The van der Waals surface area contributed by atoms with E-state index >= 15 is 8.78 Å². The lowest BCUT2D eigenvalue weighted by atomic mass is 9.62. The number of aryl methyl sites for hydroxylation is 1. The number of ether oxygens (including phenoxy) is 1. The molecule has 2 N–H and O–H groups in total. The molecule has 1 aliphatic heterocycles. The third kappa shape index (κ3) is 5.70. The molecule has 3 unspecified atom stereocenters. The SMILES string of the molecule is COc1cc(C=O)ccc1NC(=O)[C@@H]1NC(CC(C)(C)C)C(C#N)(c2ccc(C)cc2F)C1c1cccc(Cl)c1F. The maximum atomic E-state index is 15.8. The molecule has 1 amide bonds. The van der Waals surface area contributed by atoms with Crippen LogP contribution in [-0.2, 0) is 10.2 Å². The normalized spacial score (nSPS) is 22.2. The van der Waals surface area contributed by atoms with E-state index in [0.717, 1.165) is 0 Å². The molecule has 3 aromatic rings. The van der Waals surface area contributed by atoms with Gasteiger partial charge in [0.25, 0.3) is 0 Å². The van der Waals surface area contributed by atoms with Gasteiger partial charge in [-0.25, -0.2) is 8.78 Å². The van der Waals surface area contributed by atoms with Gasteiger partial charge in [-0.05, 0) is 60.2 Å². The minimum absolute atomic E-state index is 0.0198. The zero-order valence-electron chi connectivity index (χ0n) is 23.5. The summed E-state index contributed by atoms with van der Waals surface area (Å²) < 4.78 is 37.0. The summed E-state index contributed by atoms with van der Waals surface area (Å²) >= 11 is 6.20. The molecule has 1 aliphatic rings. The number of benzene rings is 3. The first-order valence-corrected chi connectivity index (χ1v) is 13.6. The van der Waals surface area contributed by atoms with E-state index in [2.05, 4.69) is 16.7 Å². The number of amides is 1. The highest BCUT2D eigenvalue weighted by atomic mass is 35.5. The van der Waals surface area contributed by atoms with E-state index in [1.165, 1.54) is 43.5 Å². The predicted octanol–water partition coefficient (Wildman–Crippen LogP) is 6.71. The number of nitrogens with one attached hydrogen (secondary N) is 2. The maximum absolute atomic E-state index is 15.8. The van der Waals surface area contributed by atoms with Gasteiger partial charge in [0.05, 0.1) is 29.9 Å². The Morgan fingerprint density at radius 3 is 2.54 bits per heavy atom. The summed E-state index contributed by atoms with van der Waals surface area (Å²) in [7, 11) is 1.40. The van der Waals surface area contributed by atoms with Gasteiger partial charge in [-0.2, -0.15) is 5.26 Å². The van der Waals surface area contributed by atoms with Crippen molar-refractivity contribution in [1.82, 2.24) is 5.32 Å². The molecule has 1 heterocycles. The number of aldehydes is 1. The number of rotatable bonds is 7. The summed E-state index contributed by atoms with van der Waals surface area (Å²) in [5.74, 6) is -2.91. The van der Waals surface area contributed by atoms with Gasteiger partial charge in [-0.3, -0.25) is 9.59 Å². The average Bonchev–Trinajstić information content (AvgIpc) is 3.23. The largest absolute Gasteiger partial charge is 0.495 e. The first kappa shape index (κ1) is 30.2. The van der Waals surface area contributed by atoms with Crippen LogP contribution < -0.4 is 15.4 Å². The van der Waals surface area contributed by atoms with Crippen molar-refractivity contribution in [2.45, 2.75) is 57.5 Å². The number of carbonyl (C=O) groups is 2. The van der Waals surface area contributed by atoms with E-state index in [-0.39, 0.29) is 33.0 Å². The second-order valence-corrected chi connectivity index (χ2v) is 12.0. The summed E-state index contributed by atoms with van der Waals surface area (Å²) in [6.07, 6.45) is 1.02. The van der Waals surface area contributed by atoms with Gasteiger partial charge in [0.15, 0.2) is 0 Å². The van der Waals surface area contributed by atoms with E-state index in [0.29, 0.717) is 23.8 Å². The number of halogens is 3. The van der Waals surface area contributed by atoms with Crippen LogP contribution in [-0.4, -0.2) is 31.4 Å². The lowest BCUT2D eigenvalue weighted by Gasteiger charge is -2.37. The van der Waals surface area contributed by atoms with Gasteiger partial charge in [0.1, 0.15) is 29.1 Å². The monoisotopic (exact) mass is 579 g/mol. The Morgan fingerprint density at radius 2 is 1.93 bits per heavy atom. The number of methoxy groups -OCH3 is 1. The average molecular weight is 580 g/mol. The van der Waals surface area contributed by atoms with Crippen molar-refractivity contribution in [3.63, 3.8) is 0 Å². The van der Waals surface area contributed by atoms with Crippen LogP contribution in [0.25, 0.3) is 0 Å². The van der Waals surface area contributed by atoms with Crippen LogP contribution >= 0.6 is 11.6 Å². The molecule has 0 bridgehead atoms. The second-order valence-electron chi connectivity index (χ2n) is 11.6. The van der Waals surface area contributed by atoms with Gasteiger partial charge in [-0.1, -0.05) is 56.6 Å². The molecule has 1 saturated heterocycles. The molecule has 0 aliphatic carbocycles. The van der Waals surface area contributed by atoms with Gasteiger partial charge < -0.3 is 15.4 Å². The van der Waals surface area contributed by atoms with Gasteiger partial charge in [0, 0.05) is 23.1 Å². The molecule has 0 saturated carbocycles. The number of anilines is 1. The Hall–Kier alpha value is -3.80. The number of hydrogen-bond acceptors (Lipinski definition) is 5. The van der Waals surface area contributed by atoms with Crippen LogP contribution in [0.2, 0.25) is 5.02 Å². The Bertz CT molecular complexity index is 1530. The summed E-state index contributed by atoms with van der Waals surface area (Å²) in [4.78, 5) is 25.3. The van der Waals surface area contributed by atoms with E-state index < -0.39 is 41.0 Å². The lowest BCUT2D eigenvalue weighted by Crippen LogP contribution is -2.45. The first-order chi connectivity index (χ1) is 19.4. The topological polar surface area (TPSA) is 91.2 Å². The molecule has 41 heavy (non-hydrogen) atoms. The minimum atomic E-state index is -1.69. The maximum Gasteiger partial charge on any atom is 0.242 e. The van der Waals surface area contributed by atoms with E-state index in [9.17, 15) is 14.9 Å². The quantitative estimate of drug-likeness (QED) is 0.304. The molecule has 4 atom stereocenters. The van der Waals surface area contributed by atoms with Gasteiger partial charge in [0.2, 0.25) is 5.91 Å². The second kappa shape index (κ2) is 11.6. The number of nitrogens with zero attached hydrogens (tertiary/aromatic N) is 1. The van der Waals surface area contributed by atoms with Crippen molar-refractivity contribution in [1.29, 1.82) is 5.26 Å². The van der Waals surface area contributed by atoms with Crippen molar-refractivity contribution >= 4 is 29.5 Å². The van der Waals surface area contributed by atoms with E-state index in [1.54, 1.807) is 25.1 Å². The number of nitriles is 1. The molecule has 6 nitrogen and oxygen atoms in total. The Balaban J connectivity index is 1.96. The molecule has 0 spiro atoms. The Labute approximate surface area is 243 Å². The highest BCUT2D eigenvalue weighted by Gasteiger charge is 2.61. The van der Waals surface area contributed by atoms with Crippen LogP contribution in [0.4, 0.5) is 14.5 Å². The standard InChI is InChI=1S/C32H32ClF2N3O3/c1-18-9-11-21(23(34)13-18)32(17-36)26(15-31(2,3)4)38-29(27(32)20-7-6-8-22(33)28(20)35)30(40)37-24-12-10-19(16-39)14-25(24)41-5/h6-14,16,26-27,29,38H,15H2,1-5H3,(H,37,40)/t26?,27?,29-,32?/m1/s1. The summed E-state index contributed by atoms with van der Waals surface area (Å²) in [5.41, 5.74) is -0.670. The Morgan fingerprint density at radius 1 is 1.20 bits per heavy atom. The van der Waals surface area contributed by atoms with Crippen molar-refractivity contribution < 1.29 is 23.1 Å². The van der Waals surface area contributed by atoms with Crippen molar-refractivity contribution in [2.24, 2.45) is 5.41 Å². The van der Waals surface area contributed by atoms with Crippen molar-refractivity contribution in [3.8, 4) is 11.8 Å². The molecular weight excluding hydrogens is 548 g/mol. The zero-order chi connectivity index (χ0) is 30.1. The minimum Gasteiger partial charge on any atom is -0.495 e. The van der Waals surface area contributed by atoms with Gasteiger partial charge >= 0.3 is 0 Å². The van der Waals surface area contributed by atoms with E-state index in [4.69, 9.17) is 16.3 Å². The summed E-state index contributed by atoms with van der Waals surface area (Å²) in [6, 6.07) is 13.9. The molecule has 3 aromatic carbocycles.